The van der Waals surface area contributed by atoms with Gasteiger partial charge in [0, 0.05) is 23.8 Å². The van der Waals surface area contributed by atoms with E-state index >= 15 is 0 Å². The summed E-state index contributed by atoms with van der Waals surface area (Å²) in [7, 11) is 1.90. The van der Waals surface area contributed by atoms with Crippen LogP contribution in [0.1, 0.15) is 29.8 Å². The summed E-state index contributed by atoms with van der Waals surface area (Å²) in [5, 5.41) is 3.91. The predicted molar refractivity (Wildman–Crippen MR) is 151 cm³/mol. The molecular formula is C29H28ClN5O3. The zero-order chi connectivity index (χ0) is 26.6. The van der Waals surface area contributed by atoms with Crippen LogP contribution in [0.15, 0.2) is 72.9 Å². The standard InChI is InChI=1S/C29H28ClN5O3/c1-4-37-25-15-14-21(16-26(25)38-5-2)32-29-31-17-24-27(33-29)34(3)23-9-7-6-8-22(23)28(36)35(24)18-19-10-12-20(30)13-11-19/h6-17H,4-5,18H2,1-3H3,(H,31,32,33). The molecule has 0 aliphatic carbocycles. The molecule has 0 spiro atoms. The van der Waals surface area contributed by atoms with E-state index in [0.29, 0.717) is 59.3 Å². The van der Waals surface area contributed by atoms with Crippen LogP contribution in [0.25, 0.3) is 0 Å². The Hall–Kier alpha value is -4.30. The monoisotopic (exact) mass is 529 g/mol. The third-order valence-electron chi connectivity index (χ3n) is 6.15. The number of nitrogens with zero attached hydrogens (tertiary/aromatic N) is 4. The van der Waals surface area contributed by atoms with Crippen LogP contribution in [-0.4, -0.2) is 36.1 Å². The summed E-state index contributed by atoms with van der Waals surface area (Å²) in [4.78, 5) is 26.8. The van der Waals surface area contributed by atoms with E-state index < -0.39 is 0 Å². The first-order valence-electron chi connectivity index (χ1n) is 12.4. The van der Waals surface area contributed by atoms with Crippen LogP contribution in [0.4, 0.5) is 28.8 Å². The lowest BCUT2D eigenvalue weighted by atomic mass is 10.1. The number of rotatable bonds is 8. The molecule has 0 bridgehead atoms. The molecule has 5 rings (SSSR count). The third kappa shape index (κ3) is 5.08. The van der Waals surface area contributed by atoms with Gasteiger partial charge in [-0.05, 0) is 55.8 Å². The number of hydrogen-bond donors (Lipinski definition) is 1. The third-order valence-corrected chi connectivity index (χ3v) is 6.40. The van der Waals surface area contributed by atoms with Gasteiger partial charge in [-0.3, -0.25) is 9.69 Å². The van der Waals surface area contributed by atoms with Crippen molar-refractivity contribution in [1.29, 1.82) is 0 Å². The summed E-state index contributed by atoms with van der Waals surface area (Å²) in [6.07, 6.45) is 1.68. The highest BCUT2D eigenvalue weighted by Gasteiger charge is 2.31. The number of amides is 1. The zero-order valence-electron chi connectivity index (χ0n) is 21.4. The van der Waals surface area contributed by atoms with Crippen LogP contribution in [0.5, 0.6) is 11.5 Å². The minimum absolute atomic E-state index is 0.127. The number of aromatic nitrogens is 2. The second kappa shape index (κ2) is 11.0. The van der Waals surface area contributed by atoms with Crippen LogP contribution in [-0.2, 0) is 6.54 Å². The summed E-state index contributed by atoms with van der Waals surface area (Å²) < 4.78 is 11.4. The molecule has 1 aliphatic rings. The molecule has 3 aromatic carbocycles. The molecule has 8 nitrogen and oxygen atoms in total. The molecule has 1 aromatic heterocycles. The van der Waals surface area contributed by atoms with Gasteiger partial charge in [0.1, 0.15) is 5.69 Å². The first-order chi connectivity index (χ1) is 18.5. The largest absolute Gasteiger partial charge is 0.490 e. The van der Waals surface area contributed by atoms with E-state index in [1.807, 2.05) is 92.5 Å². The van der Waals surface area contributed by atoms with Gasteiger partial charge in [0.2, 0.25) is 5.95 Å². The van der Waals surface area contributed by atoms with E-state index in [1.54, 1.807) is 11.1 Å². The van der Waals surface area contributed by atoms with Gasteiger partial charge in [-0.2, -0.15) is 4.98 Å². The number of hydrogen-bond acceptors (Lipinski definition) is 7. The van der Waals surface area contributed by atoms with Gasteiger partial charge in [-0.1, -0.05) is 35.9 Å². The van der Waals surface area contributed by atoms with E-state index in [9.17, 15) is 4.79 Å². The van der Waals surface area contributed by atoms with E-state index in [0.717, 1.165) is 16.9 Å². The lowest BCUT2D eigenvalue weighted by molar-refractivity contribution is 0.0986. The molecule has 0 unspecified atom stereocenters. The summed E-state index contributed by atoms with van der Waals surface area (Å²) in [6.45, 7) is 5.26. The minimum Gasteiger partial charge on any atom is -0.490 e. The Morgan fingerprint density at radius 1 is 0.921 bits per heavy atom. The number of fused-ring (bicyclic) bond motifs is 2. The fourth-order valence-electron chi connectivity index (χ4n) is 4.37. The topological polar surface area (TPSA) is 79.8 Å². The fourth-order valence-corrected chi connectivity index (χ4v) is 4.49. The number of carbonyl (C=O) groups excluding carboxylic acids is 1. The average molecular weight is 530 g/mol. The van der Waals surface area contributed by atoms with E-state index in [2.05, 4.69) is 10.3 Å². The molecular weight excluding hydrogens is 502 g/mol. The smallest absolute Gasteiger partial charge is 0.260 e. The molecule has 2 heterocycles. The zero-order valence-corrected chi connectivity index (χ0v) is 22.2. The Morgan fingerprint density at radius 2 is 1.66 bits per heavy atom. The van der Waals surface area contributed by atoms with Gasteiger partial charge in [0.05, 0.1) is 37.2 Å². The van der Waals surface area contributed by atoms with Crippen molar-refractivity contribution in [1.82, 2.24) is 9.97 Å². The van der Waals surface area contributed by atoms with Gasteiger partial charge in [-0.15, -0.1) is 0 Å². The summed E-state index contributed by atoms with van der Waals surface area (Å²) in [5.41, 5.74) is 3.65. The van der Waals surface area contributed by atoms with Gasteiger partial charge >= 0.3 is 0 Å². The molecule has 4 aromatic rings. The molecule has 0 saturated carbocycles. The average Bonchev–Trinajstić information content (AvgIpc) is 3.01. The Bertz CT molecular complexity index is 1460. The van der Waals surface area contributed by atoms with E-state index in [4.69, 9.17) is 26.1 Å². The van der Waals surface area contributed by atoms with Crippen LogP contribution in [0, 0.1) is 0 Å². The maximum absolute atomic E-state index is 13.8. The second-order valence-corrected chi connectivity index (χ2v) is 9.09. The van der Waals surface area contributed by atoms with Crippen molar-refractivity contribution in [3.05, 3.63) is 89.1 Å². The Labute approximate surface area is 226 Å². The first kappa shape index (κ1) is 25.4. The van der Waals surface area contributed by atoms with Crippen molar-refractivity contribution in [3.8, 4) is 11.5 Å². The van der Waals surface area contributed by atoms with E-state index in [-0.39, 0.29) is 5.91 Å². The molecule has 0 radical (unpaired) electrons. The Morgan fingerprint density at radius 3 is 2.42 bits per heavy atom. The summed E-state index contributed by atoms with van der Waals surface area (Å²) >= 11 is 6.08. The molecule has 9 heteroatoms. The Balaban J connectivity index is 1.54. The fraction of sp³-hybridized carbons (Fsp3) is 0.207. The number of para-hydroxylation sites is 1. The van der Waals surface area contributed by atoms with Gasteiger partial charge in [0.15, 0.2) is 17.3 Å². The normalized spacial score (nSPS) is 12.5. The van der Waals surface area contributed by atoms with E-state index in [1.165, 1.54) is 0 Å². The number of carbonyl (C=O) groups is 1. The lowest BCUT2D eigenvalue weighted by Gasteiger charge is -2.24. The number of benzene rings is 3. The number of ether oxygens (including phenoxy) is 2. The van der Waals surface area contributed by atoms with Crippen molar-refractivity contribution < 1.29 is 14.3 Å². The highest BCUT2D eigenvalue weighted by Crippen LogP contribution is 2.40. The van der Waals surface area contributed by atoms with Crippen molar-refractivity contribution in [2.24, 2.45) is 0 Å². The SMILES string of the molecule is CCOc1ccc(Nc2ncc3c(n2)N(C)c2ccccc2C(=O)N3Cc2ccc(Cl)cc2)cc1OCC. The molecule has 0 atom stereocenters. The quantitative estimate of drug-likeness (QED) is 0.275. The predicted octanol–water partition coefficient (Wildman–Crippen LogP) is 6.60. The molecule has 38 heavy (non-hydrogen) atoms. The number of anilines is 5. The molecule has 194 valence electrons. The van der Waals surface area contributed by atoms with Crippen LogP contribution < -0.4 is 24.6 Å². The van der Waals surface area contributed by atoms with Crippen molar-refractivity contribution in [3.63, 3.8) is 0 Å². The van der Waals surface area contributed by atoms with Crippen LogP contribution >= 0.6 is 11.6 Å². The number of halogens is 1. The summed E-state index contributed by atoms with van der Waals surface area (Å²) in [6, 6.07) is 20.6. The van der Waals surface area contributed by atoms with Crippen LogP contribution in [0.3, 0.4) is 0 Å². The highest BCUT2D eigenvalue weighted by atomic mass is 35.5. The summed E-state index contributed by atoms with van der Waals surface area (Å²) in [5.74, 6) is 2.18. The molecule has 1 aliphatic heterocycles. The second-order valence-electron chi connectivity index (χ2n) is 8.65. The minimum atomic E-state index is -0.127. The van der Waals surface area contributed by atoms with Gasteiger partial charge < -0.3 is 19.7 Å². The molecule has 1 amide bonds. The molecule has 0 saturated heterocycles. The van der Waals surface area contributed by atoms with Crippen molar-refractivity contribution in [2.75, 3.05) is 35.4 Å². The van der Waals surface area contributed by atoms with Crippen molar-refractivity contribution in [2.45, 2.75) is 20.4 Å². The highest BCUT2D eigenvalue weighted by molar-refractivity contribution is 6.30. The van der Waals surface area contributed by atoms with Crippen molar-refractivity contribution >= 4 is 46.3 Å². The van der Waals surface area contributed by atoms with Gasteiger partial charge in [-0.25, -0.2) is 4.98 Å². The number of nitrogens with one attached hydrogen (secondary N) is 1. The van der Waals surface area contributed by atoms with Crippen LogP contribution in [0.2, 0.25) is 5.02 Å². The molecule has 1 N–H and O–H groups in total. The van der Waals surface area contributed by atoms with Gasteiger partial charge in [0.25, 0.3) is 5.91 Å². The molecule has 0 fully saturated rings. The lowest BCUT2D eigenvalue weighted by Crippen LogP contribution is -2.30. The maximum Gasteiger partial charge on any atom is 0.260 e. The maximum atomic E-state index is 13.8. The Kier molecular flexibility index (Phi) is 7.33. The first-order valence-corrected chi connectivity index (χ1v) is 12.8.